The SMILES string of the molecule is CCC(F)(F)c1cccc(CC(=O)C2C(=O)N(C34CCC(OC)(CC3)CC4)N=C2C)c1. The summed E-state index contributed by atoms with van der Waals surface area (Å²) in [4.78, 5) is 26.3. The molecule has 5 rings (SSSR count). The summed E-state index contributed by atoms with van der Waals surface area (Å²) in [5, 5.41) is 6.12. The number of nitrogens with zero attached hydrogens (tertiary/aromatic N) is 2. The molecule has 0 saturated heterocycles. The highest BCUT2D eigenvalue weighted by Crippen LogP contribution is 2.52. The number of hydrazone groups is 1. The topological polar surface area (TPSA) is 59.0 Å². The van der Waals surface area contributed by atoms with Gasteiger partial charge in [0.2, 0.25) is 0 Å². The maximum absolute atomic E-state index is 14.0. The van der Waals surface area contributed by atoms with Gasteiger partial charge in [-0.3, -0.25) is 9.59 Å². The Hall–Kier alpha value is -2.15. The predicted molar refractivity (Wildman–Crippen MR) is 113 cm³/mol. The summed E-state index contributed by atoms with van der Waals surface area (Å²) in [6.07, 6.45) is 4.75. The Bertz CT molecular complexity index is 903. The van der Waals surface area contributed by atoms with Crippen LogP contribution in [0.2, 0.25) is 0 Å². The second kappa shape index (κ2) is 7.76. The van der Waals surface area contributed by atoms with E-state index in [1.54, 1.807) is 25.1 Å². The molecular formula is C24H30F2N2O3. The highest BCUT2D eigenvalue weighted by Gasteiger charge is 2.56. The first-order chi connectivity index (χ1) is 14.7. The molecule has 2 bridgehead atoms. The normalized spacial score (nSPS) is 30.6. The quantitative estimate of drug-likeness (QED) is 0.591. The lowest BCUT2D eigenvalue weighted by Gasteiger charge is -2.54. The van der Waals surface area contributed by atoms with Gasteiger partial charge in [0, 0.05) is 25.5 Å². The standard InChI is InChI=1S/C24H30F2N2O3/c1-4-24(25,26)18-7-5-6-17(14-18)15-19(29)20-16(2)27-28(21(20)30)22-8-11-23(31-3,12-9-22)13-10-22/h5-7,14,20H,4,8-13,15H2,1-3H3. The van der Waals surface area contributed by atoms with Crippen molar-refractivity contribution in [3.05, 3.63) is 35.4 Å². The van der Waals surface area contributed by atoms with E-state index in [1.807, 2.05) is 0 Å². The highest BCUT2D eigenvalue weighted by atomic mass is 19.3. The summed E-state index contributed by atoms with van der Waals surface area (Å²) >= 11 is 0. The van der Waals surface area contributed by atoms with Gasteiger partial charge in [-0.25, -0.2) is 13.8 Å². The van der Waals surface area contributed by atoms with E-state index in [-0.39, 0.29) is 41.2 Å². The zero-order valence-electron chi connectivity index (χ0n) is 18.4. The highest BCUT2D eigenvalue weighted by molar-refractivity contribution is 6.22. The number of carbonyl (C=O) groups excluding carboxylic acids is 2. The van der Waals surface area contributed by atoms with Gasteiger partial charge in [0.15, 0.2) is 5.78 Å². The van der Waals surface area contributed by atoms with Crippen molar-refractivity contribution in [2.45, 2.75) is 82.3 Å². The molecule has 0 aromatic heterocycles. The molecular weight excluding hydrogens is 402 g/mol. The number of hydrogen-bond acceptors (Lipinski definition) is 4. The van der Waals surface area contributed by atoms with Crippen LogP contribution in [0.1, 0.15) is 69.9 Å². The minimum Gasteiger partial charge on any atom is -0.378 e. The lowest BCUT2D eigenvalue weighted by Crippen LogP contribution is -2.59. The summed E-state index contributed by atoms with van der Waals surface area (Å²) in [6, 6.07) is 5.94. The molecule has 1 aromatic carbocycles. The molecule has 1 heterocycles. The smallest absolute Gasteiger partial charge is 0.273 e. The van der Waals surface area contributed by atoms with Gasteiger partial charge >= 0.3 is 0 Å². The van der Waals surface area contributed by atoms with Gasteiger partial charge in [0.05, 0.1) is 16.9 Å². The van der Waals surface area contributed by atoms with Crippen LogP contribution in [0.15, 0.2) is 29.4 Å². The van der Waals surface area contributed by atoms with Crippen LogP contribution in [0.4, 0.5) is 8.78 Å². The first kappa shape index (κ1) is 22.1. The van der Waals surface area contributed by atoms with Crippen molar-refractivity contribution in [1.82, 2.24) is 5.01 Å². The van der Waals surface area contributed by atoms with Crippen LogP contribution >= 0.6 is 0 Å². The van der Waals surface area contributed by atoms with E-state index in [4.69, 9.17) is 4.74 Å². The Morgan fingerprint density at radius 2 is 1.87 bits per heavy atom. The van der Waals surface area contributed by atoms with Crippen molar-refractivity contribution >= 4 is 17.4 Å². The molecule has 31 heavy (non-hydrogen) atoms. The van der Waals surface area contributed by atoms with Crippen LogP contribution in [-0.4, -0.2) is 40.7 Å². The van der Waals surface area contributed by atoms with Crippen LogP contribution in [0.5, 0.6) is 0 Å². The van der Waals surface area contributed by atoms with Crippen LogP contribution in [0.3, 0.4) is 0 Å². The average Bonchev–Trinajstić information content (AvgIpc) is 3.09. The number of fused-ring (bicyclic) bond motifs is 3. The number of ether oxygens (including phenoxy) is 1. The van der Waals surface area contributed by atoms with Crippen molar-refractivity contribution in [3.8, 4) is 0 Å². The summed E-state index contributed by atoms with van der Waals surface area (Å²) in [5.74, 6) is -4.43. The molecule has 1 amide bonds. The molecule has 0 spiro atoms. The molecule has 3 aliphatic carbocycles. The molecule has 168 valence electrons. The summed E-state index contributed by atoms with van der Waals surface area (Å²) < 4.78 is 33.8. The fourth-order valence-corrected chi connectivity index (χ4v) is 5.45. The van der Waals surface area contributed by atoms with Crippen LogP contribution < -0.4 is 0 Å². The summed E-state index contributed by atoms with van der Waals surface area (Å²) in [7, 11) is 1.75. The predicted octanol–water partition coefficient (Wildman–Crippen LogP) is 4.63. The minimum absolute atomic E-state index is 0.0650. The van der Waals surface area contributed by atoms with E-state index in [2.05, 4.69) is 5.10 Å². The number of Topliss-reactive ketones (excluding diaryl/α,β-unsaturated/α-hetero) is 1. The number of benzene rings is 1. The van der Waals surface area contributed by atoms with E-state index in [1.165, 1.54) is 25.1 Å². The molecule has 7 heteroatoms. The van der Waals surface area contributed by atoms with Crippen molar-refractivity contribution < 1.29 is 23.1 Å². The molecule has 1 aliphatic heterocycles. The van der Waals surface area contributed by atoms with Crippen LogP contribution in [0, 0.1) is 5.92 Å². The Labute approximate surface area is 181 Å². The zero-order chi connectivity index (χ0) is 22.4. The molecule has 0 N–H and O–H groups in total. The Morgan fingerprint density at radius 3 is 2.45 bits per heavy atom. The molecule has 1 unspecified atom stereocenters. The number of rotatable bonds is 7. The lowest BCUT2D eigenvalue weighted by molar-refractivity contribution is -0.158. The fraction of sp³-hybridized carbons (Fsp3) is 0.625. The molecule has 3 fully saturated rings. The van der Waals surface area contributed by atoms with Crippen molar-refractivity contribution in [3.63, 3.8) is 0 Å². The Kier molecular flexibility index (Phi) is 5.53. The first-order valence-electron chi connectivity index (χ1n) is 11.1. The number of methoxy groups -OCH3 is 1. The third kappa shape index (κ3) is 3.71. The first-order valence-corrected chi connectivity index (χ1v) is 11.1. The van der Waals surface area contributed by atoms with Gasteiger partial charge < -0.3 is 4.74 Å². The Morgan fingerprint density at radius 1 is 1.23 bits per heavy atom. The fourth-order valence-electron chi connectivity index (χ4n) is 5.45. The maximum Gasteiger partial charge on any atom is 0.273 e. The lowest BCUT2D eigenvalue weighted by atomic mass is 9.62. The minimum atomic E-state index is -2.94. The second-order valence-electron chi connectivity index (χ2n) is 9.34. The van der Waals surface area contributed by atoms with Gasteiger partial charge in [-0.2, -0.15) is 5.10 Å². The largest absolute Gasteiger partial charge is 0.378 e. The van der Waals surface area contributed by atoms with E-state index >= 15 is 0 Å². The molecule has 3 saturated carbocycles. The van der Waals surface area contributed by atoms with Crippen molar-refractivity contribution in [2.24, 2.45) is 11.0 Å². The van der Waals surface area contributed by atoms with Gasteiger partial charge in [0.25, 0.3) is 11.8 Å². The van der Waals surface area contributed by atoms with Gasteiger partial charge in [-0.15, -0.1) is 0 Å². The summed E-state index contributed by atoms with van der Waals surface area (Å²) in [5.41, 5.74) is 0.470. The number of alkyl halides is 2. The van der Waals surface area contributed by atoms with Crippen LogP contribution in [0.25, 0.3) is 0 Å². The number of ketones is 1. The van der Waals surface area contributed by atoms with E-state index < -0.39 is 11.8 Å². The number of halogens is 2. The third-order valence-electron chi connectivity index (χ3n) is 7.65. The van der Waals surface area contributed by atoms with Gasteiger partial charge in [-0.1, -0.05) is 25.1 Å². The Balaban J connectivity index is 1.49. The van der Waals surface area contributed by atoms with Gasteiger partial charge in [0.1, 0.15) is 5.92 Å². The molecule has 1 atom stereocenters. The van der Waals surface area contributed by atoms with E-state index in [0.29, 0.717) is 11.3 Å². The average molecular weight is 433 g/mol. The van der Waals surface area contributed by atoms with Crippen molar-refractivity contribution in [1.29, 1.82) is 0 Å². The molecule has 0 radical (unpaired) electrons. The van der Waals surface area contributed by atoms with Crippen molar-refractivity contribution in [2.75, 3.05) is 7.11 Å². The maximum atomic E-state index is 14.0. The van der Waals surface area contributed by atoms with Gasteiger partial charge in [-0.05, 0) is 57.1 Å². The molecule has 4 aliphatic rings. The van der Waals surface area contributed by atoms with Crippen LogP contribution in [-0.2, 0) is 26.7 Å². The second-order valence-corrected chi connectivity index (χ2v) is 9.34. The zero-order valence-corrected chi connectivity index (χ0v) is 18.4. The molecule has 1 aromatic rings. The van der Waals surface area contributed by atoms with E-state index in [0.717, 1.165) is 38.5 Å². The van der Waals surface area contributed by atoms with E-state index in [9.17, 15) is 18.4 Å². The third-order valence-corrected chi connectivity index (χ3v) is 7.65. The summed E-state index contributed by atoms with van der Waals surface area (Å²) in [6.45, 7) is 3.14. The number of amides is 1. The number of carbonyl (C=O) groups is 2. The monoisotopic (exact) mass is 432 g/mol. The number of hydrogen-bond donors (Lipinski definition) is 0. The molecule has 5 nitrogen and oxygen atoms in total.